The number of rotatable bonds is 5. The SMILES string of the molecule is C=C(/C=C\C=C/C)c1ccc(-c2ccc(-c3ccccc3)cc2)cc1. The van der Waals surface area contributed by atoms with Crippen LogP contribution in [-0.2, 0) is 0 Å². The molecule has 0 amide bonds. The highest BCUT2D eigenvalue weighted by molar-refractivity contribution is 5.75. The smallest absolute Gasteiger partial charge is 0.0184 e. The summed E-state index contributed by atoms with van der Waals surface area (Å²) in [6.45, 7) is 6.13. The van der Waals surface area contributed by atoms with Crippen LogP contribution >= 0.6 is 0 Å². The van der Waals surface area contributed by atoms with Crippen LogP contribution in [0.4, 0.5) is 0 Å². The minimum absolute atomic E-state index is 1.02. The molecule has 0 unspecified atom stereocenters. The van der Waals surface area contributed by atoms with Crippen LogP contribution in [0.3, 0.4) is 0 Å². The Morgan fingerprint density at radius 2 is 1.12 bits per heavy atom. The van der Waals surface area contributed by atoms with Crippen molar-refractivity contribution in [3.63, 3.8) is 0 Å². The van der Waals surface area contributed by atoms with E-state index in [0.717, 1.165) is 11.1 Å². The largest absolute Gasteiger partial charge is 0.0912 e. The molecule has 3 rings (SSSR count). The molecule has 0 aliphatic carbocycles. The van der Waals surface area contributed by atoms with Gasteiger partial charge in [0.2, 0.25) is 0 Å². The molecule has 3 aromatic rings. The van der Waals surface area contributed by atoms with Crippen molar-refractivity contribution < 1.29 is 0 Å². The summed E-state index contributed by atoms with van der Waals surface area (Å²) in [5.74, 6) is 0. The van der Waals surface area contributed by atoms with Gasteiger partial charge < -0.3 is 0 Å². The van der Waals surface area contributed by atoms with Gasteiger partial charge in [0.1, 0.15) is 0 Å². The van der Waals surface area contributed by atoms with Crippen LogP contribution in [0, 0.1) is 0 Å². The van der Waals surface area contributed by atoms with Crippen molar-refractivity contribution in [2.45, 2.75) is 6.92 Å². The molecule has 0 saturated carbocycles. The lowest BCUT2D eigenvalue weighted by Crippen LogP contribution is -1.83. The quantitative estimate of drug-likeness (QED) is 0.437. The van der Waals surface area contributed by atoms with Crippen LogP contribution in [0.2, 0.25) is 0 Å². The molecule has 0 radical (unpaired) electrons. The van der Waals surface area contributed by atoms with E-state index in [4.69, 9.17) is 0 Å². The Kier molecular flexibility index (Phi) is 5.43. The van der Waals surface area contributed by atoms with Gasteiger partial charge in [-0.1, -0.05) is 110 Å². The molecule has 0 fully saturated rings. The molecule has 0 N–H and O–H groups in total. The molecular weight excluding hydrogens is 300 g/mol. The molecule has 0 nitrogen and oxygen atoms in total. The van der Waals surface area contributed by atoms with Crippen LogP contribution in [-0.4, -0.2) is 0 Å². The van der Waals surface area contributed by atoms with E-state index in [2.05, 4.69) is 79.4 Å². The average Bonchev–Trinajstić information content (AvgIpc) is 2.69. The minimum atomic E-state index is 1.02. The van der Waals surface area contributed by atoms with Gasteiger partial charge in [0.05, 0.1) is 0 Å². The highest BCUT2D eigenvalue weighted by Crippen LogP contribution is 2.26. The van der Waals surface area contributed by atoms with Crippen LogP contribution in [0.15, 0.2) is 110 Å². The van der Waals surface area contributed by atoms with Gasteiger partial charge in [-0.3, -0.25) is 0 Å². The minimum Gasteiger partial charge on any atom is -0.0912 e. The Morgan fingerprint density at radius 3 is 1.64 bits per heavy atom. The maximum atomic E-state index is 4.12. The molecule has 0 heterocycles. The zero-order chi connectivity index (χ0) is 17.5. The second-order valence-corrected chi connectivity index (χ2v) is 5.93. The number of benzene rings is 3. The van der Waals surface area contributed by atoms with Crippen molar-refractivity contribution in [2.24, 2.45) is 0 Å². The Hall–Kier alpha value is -3.12. The first-order valence-electron chi connectivity index (χ1n) is 8.52. The van der Waals surface area contributed by atoms with E-state index in [1.165, 1.54) is 22.3 Å². The predicted octanol–water partition coefficient (Wildman–Crippen LogP) is 7.17. The van der Waals surface area contributed by atoms with Crippen molar-refractivity contribution in [1.29, 1.82) is 0 Å². The van der Waals surface area contributed by atoms with Gasteiger partial charge in [0.15, 0.2) is 0 Å². The van der Waals surface area contributed by atoms with Crippen LogP contribution in [0.5, 0.6) is 0 Å². The topological polar surface area (TPSA) is 0 Å². The molecule has 0 heteroatoms. The Morgan fingerprint density at radius 1 is 0.640 bits per heavy atom. The first kappa shape index (κ1) is 16.7. The lowest BCUT2D eigenvalue weighted by Gasteiger charge is -2.07. The molecule has 0 aromatic heterocycles. The van der Waals surface area contributed by atoms with Crippen LogP contribution in [0.25, 0.3) is 27.8 Å². The summed E-state index contributed by atoms with van der Waals surface area (Å²) in [5.41, 5.74) is 7.08. The zero-order valence-corrected chi connectivity index (χ0v) is 14.5. The van der Waals surface area contributed by atoms with Gasteiger partial charge in [-0.15, -0.1) is 0 Å². The lowest BCUT2D eigenvalue weighted by atomic mass is 9.98. The molecule has 3 aromatic carbocycles. The molecule has 0 atom stereocenters. The second kappa shape index (κ2) is 8.12. The third-order valence-corrected chi connectivity index (χ3v) is 4.18. The molecular formula is C25H22. The molecule has 0 bridgehead atoms. The average molecular weight is 322 g/mol. The second-order valence-electron chi connectivity index (χ2n) is 5.93. The third-order valence-electron chi connectivity index (χ3n) is 4.18. The van der Waals surface area contributed by atoms with Crippen molar-refractivity contribution >= 4 is 5.57 Å². The highest BCUT2D eigenvalue weighted by Gasteiger charge is 2.01. The number of hydrogen-bond acceptors (Lipinski definition) is 0. The fraction of sp³-hybridized carbons (Fsp3) is 0.0400. The fourth-order valence-corrected chi connectivity index (χ4v) is 2.74. The Labute approximate surface area is 150 Å². The van der Waals surface area contributed by atoms with Gasteiger partial charge in [-0.2, -0.15) is 0 Å². The van der Waals surface area contributed by atoms with Gasteiger partial charge >= 0.3 is 0 Å². The van der Waals surface area contributed by atoms with Crippen LogP contribution < -0.4 is 0 Å². The molecule has 0 saturated heterocycles. The van der Waals surface area contributed by atoms with E-state index < -0.39 is 0 Å². The maximum Gasteiger partial charge on any atom is -0.0184 e. The van der Waals surface area contributed by atoms with Gasteiger partial charge in [0, 0.05) is 0 Å². The highest BCUT2D eigenvalue weighted by atomic mass is 14.1. The molecule has 122 valence electrons. The van der Waals surface area contributed by atoms with Crippen molar-refractivity contribution in [1.82, 2.24) is 0 Å². The summed E-state index contributed by atoms with van der Waals surface area (Å²) in [4.78, 5) is 0. The molecule has 25 heavy (non-hydrogen) atoms. The van der Waals surface area contributed by atoms with Gasteiger partial charge in [0.25, 0.3) is 0 Å². The zero-order valence-electron chi connectivity index (χ0n) is 14.5. The fourth-order valence-electron chi connectivity index (χ4n) is 2.74. The monoisotopic (exact) mass is 322 g/mol. The van der Waals surface area contributed by atoms with E-state index in [1.807, 2.05) is 37.3 Å². The van der Waals surface area contributed by atoms with Crippen molar-refractivity contribution in [2.75, 3.05) is 0 Å². The van der Waals surface area contributed by atoms with E-state index in [-0.39, 0.29) is 0 Å². The third kappa shape index (κ3) is 4.24. The summed E-state index contributed by atoms with van der Waals surface area (Å²) in [7, 11) is 0. The summed E-state index contributed by atoms with van der Waals surface area (Å²) in [5, 5.41) is 0. The molecule has 0 spiro atoms. The summed E-state index contributed by atoms with van der Waals surface area (Å²) in [6.07, 6.45) is 8.06. The van der Waals surface area contributed by atoms with Crippen molar-refractivity contribution in [3.8, 4) is 22.3 Å². The van der Waals surface area contributed by atoms with Crippen molar-refractivity contribution in [3.05, 3.63) is 115 Å². The normalized spacial score (nSPS) is 11.2. The first-order valence-corrected chi connectivity index (χ1v) is 8.52. The summed E-state index contributed by atoms with van der Waals surface area (Å²) >= 11 is 0. The Balaban J connectivity index is 1.77. The first-order chi connectivity index (χ1) is 12.3. The maximum absolute atomic E-state index is 4.12. The van der Waals surface area contributed by atoms with E-state index >= 15 is 0 Å². The summed E-state index contributed by atoms with van der Waals surface area (Å²) < 4.78 is 0. The van der Waals surface area contributed by atoms with Gasteiger partial charge in [-0.25, -0.2) is 0 Å². The van der Waals surface area contributed by atoms with Crippen LogP contribution in [0.1, 0.15) is 12.5 Å². The number of allylic oxidation sites excluding steroid dienone is 5. The number of hydrogen-bond donors (Lipinski definition) is 0. The van der Waals surface area contributed by atoms with E-state index in [9.17, 15) is 0 Å². The predicted molar refractivity (Wildman–Crippen MR) is 110 cm³/mol. The molecule has 0 aliphatic heterocycles. The van der Waals surface area contributed by atoms with Gasteiger partial charge in [-0.05, 0) is 40.3 Å². The van der Waals surface area contributed by atoms with E-state index in [1.54, 1.807) is 0 Å². The molecule has 0 aliphatic rings. The Bertz CT molecular complexity index is 877. The standard InChI is InChI=1S/C25H22/c1-3-4-6-9-20(2)21-12-14-24(15-13-21)25-18-16-23(17-19-25)22-10-7-5-8-11-22/h3-19H,2H2,1H3/b4-3-,9-6-. The van der Waals surface area contributed by atoms with E-state index in [0.29, 0.717) is 0 Å². The summed E-state index contributed by atoms with van der Waals surface area (Å²) in [6, 6.07) is 27.7. The lowest BCUT2D eigenvalue weighted by molar-refractivity contribution is 1.57.